The number of oxime groups is 1. The van der Waals surface area contributed by atoms with E-state index < -0.39 is 65.5 Å². The SMILES string of the molecule is CC[C@H]1OC(=O)[C@H](C)C(=O)[C@H](C)[C@@H](O[C@@H]2O[C@H](C)C[C@H](N(C)C)[C@H]2O)[C@@]2(C)C[C@@H](C)NC[C@H](C)[C@@H](OC/C(=N\O)CO2)[C@]1(C)O. The molecule has 0 aliphatic carbocycles. The maximum absolute atomic E-state index is 14.1. The van der Waals surface area contributed by atoms with Crippen LogP contribution >= 0.6 is 0 Å². The minimum absolute atomic E-state index is 0.164. The van der Waals surface area contributed by atoms with E-state index in [-0.39, 0.29) is 49.5 Å². The van der Waals surface area contributed by atoms with Crippen molar-refractivity contribution in [1.29, 1.82) is 0 Å². The lowest BCUT2D eigenvalue weighted by atomic mass is 9.79. The molecule has 4 aliphatic rings. The molecule has 0 amide bonds. The molecule has 13 atom stereocenters. The molecule has 0 aromatic carbocycles. The van der Waals surface area contributed by atoms with Gasteiger partial charge in [0.2, 0.25) is 0 Å². The van der Waals surface area contributed by atoms with Crippen LogP contribution in [0.4, 0.5) is 0 Å². The van der Waals surface area contributed by atoms with Gasteiger partial charge in [-0.15, -0.1) is 0 Å². The van der Waals surface area contributed by atoms with Crippen LogP contribution in [0.15, 0.2) is 5.16 Å². The Balaban J connectivity index is 2.18. The summed E-state index contributed by atoms with van der Waals surface area (Å²) in [4.78, 5) is 29.5. The molecular formula is C32H57N3O10. The summed E-state index contributed by atoms with van der Waals surface area (Å²) in [5, 5.41) is 40.1. The number of fused-ring (bicyclic) bond motifs is 15. The number of carbonyl (C=O) groups excluding carboxylic acids is 2. The van der Waals surface area contributed by atoms with Crippen LogP contribution in [0.25, 0.3) is 0 Å². The first-order chi connectivity index (χ1) is 21.0. The molecule has 0 spiro atoms. The van der Waals surface area contributed by atoms with Crippen LogP contribution in [0, 0.1) is 17.8 Å². The van der Waals surface area contributed by atoms with E-state index in [0.717, 1.165) is 0 Å². The zero-order chi connectivity index (χ0) is 33.9. The maximum Gasteiger partial charge on any atom is 0.316 e. The van der Waals surface area contributed by atoms with Crippen molar-refractivity contribution in [3.63, 3.8) is 0 Å². The normalized spacial score (nSPS) is 45.7. The van der Waals surface area contributed by atoms with Gasteiger partial charge in [-0.2, -0.15) is 0 Å². The van der Waals surface area contributed by atoms with Crippen LogP contribution in [-0.2, 0) is 33.3 Å². The molecule has 45 heavy (non-hydrogen) atoms. The number of aliphatic hydroxyl groups excluding tert-OH is 1. The number of hydrogen-bond acceptors (Lipinski definition) is 13. The number of nitrogens with one attached hydrogen (secondary N) is 1. The number of esters is 1. The highest BCUT2D eigenvalue weighted by molar-refractivity contribution is 6.00. The van der Waals surface area contributed by atoms with Gasteiger partial charge in [-0.1, -0.05) is 25.9 Å². The topological polar surface area (TPSA) is 169 Å². The number of ketones is 1. The number of rotatable bonds is 4. The van der Waals surface area contributed by atoms with Gasteiger partial charge in [-0.3, -0.25) is 9.59 Å². The zero-order valence-corrected chi connectivity index (χ0v) is 28.7. The molecule has 4 heterocycles. The molecule has 4 saturated heterocycles. The fraction of sp³-hybridized carbons (Fsp3) is 0.906. The smallest absolute Gasteiger partial charge is 0.316 e. The fourth-order valence-electron chi connectivity index (χ4n) is 7.16. The summed E-state index contributed by atoms with van der Waals surface area (Å²) >= 11 is 0. The van der Waals surface area contributed by atoms with Crippen molar-refractivity contribution in [2.75, 3.05) is 33.9 Å². The first-order valence-corrected chi connectivity index (χ1v) is 16.3. The molecule has 13 heteroatoms. The summed E-state index contributed by atoms with van der Waals surface area (Å²) in [5.41, 5.74) is -2.70. The van der Waals surface area contributed by atoms with E-state index >= 15 is 0 Å². The zero-order valence-electron chi connectivity index (χ0n) is 28.7. The highest BCUT2D eigenvalue weighted by atomic mass is 16.7. The van der Waals surface area contributed by atoms with E-state index in [1.54, 1.807) is 20.8 Å². The van der Waals surface area contributed by atoms with Gasteiger partial charge in [0.1, 0.15) is 29.4 Å². The average Bonchev–Trinajstić information content (AvgIpc) is 2.97. The predicted molar refractivity (Wildman–Crippen MR) is 166 cm³/mol. The number of nitrogens with zero attached hydrogens (tertiary/aromatic N) is 2. The molecule has 13 nitrogen and oxygen atoms in total. The van der Waals surface area contributed by atoms with Crippen molar-refractivity contribution in [2.45, 2.75) is 135 Å². The highest BCUT2D eigenvalue weighted by Crippen LogP contribution is 2.37. The van der Waals surface area contributed by atoms with Crippen molar-refractivity contribution in [2.24, 2.45) is 22.9 Å². The highest BCUT2D eigenvalue weighted by Gasteiger charge is 2.51. The van der Waals surface area contributed by atoms with E-state index in [0.29, 0.717) is 19.4 Å². The fourth-order valence-corrected chi connectivity index (χ4v) is 7.16. The molecule has 0 unspecified atom stereocenters. The van der Waals surface area contributed by atoms with Crippen molar-refractivity contribution >= 4 is 17.5 Å². The summed E-state index contributed by atoms with van der Waals surface area (Å²) in [6, 6.07) is -0.441. The largest absolute Gasteiger partial charge is 0.459 e. The van der Waals surface area contributed by atoms with Gasteiger partial charge in [0.25, 0.3) is 0 Å². The first kappa shape index (κ1) is 37.7. The van der Waals surface area contributed by atoms with Crippen LogP contribution in [0.5, 0.6) is 0 Å². The van der Waals surface area contributed by atoms with Gasteiger partial charge in [0, 0.05) is 24.5 Å². The predicted octanol–water partition coefficient (Wildman–Crippen LogP) is 1.73. The van der Waals surface area contributed by atoms with Crippen molar-refractivity contribution < 1.29 is 48.7 Å². The summed E-state index contributed by atoms with van der Waals surface area (Å²) in [5.74, 6) is -3.60. The quantitative estimate of drug-likeness (QED) is 0.152. The van der Waals surface area contributed by atoms with Crippen LogP contribution in [0.1, 0.15) is 74.7 Å². The molecule has 4 aliphatic heterocycles. The van der Waals surface area contributed by atoms with E-state index in [4.69, 9.17) is 23.7 Å². The average molecular weight is 644 g/mol. The lowest BCUT2D eigenvalue weighted by Gasteiger charge is -2.47. The standard InChI is InChI=1S/C32H57N3O10/c1-11-24-32(8,39)27-17(2)14-33-18(3)13-31(7,42-16-22(34-40)15-41-27)28(20(5)25(36)21(6)29(38)44-24)45-30-26(37)23(35(9)10)12-19(4)43-30/h17-21,23-24,26-28,30,33,37,39-40H,11-16H2,1-10H3/b34-22+/t17-,18+,19+,20-,21+,23-,24+,26+,27+,28+,30-,31+,32+/m0/s1. The number of aliphatic hydroxyl groups is 2. The van der Waals surface area contributed by atoms with E-state index in [2.05, 4.69) is 10.5 Å². The van der Waals surface area contributed by atoms with Gasteiger partial charge in [-0.05, 0) is 73.9 Å². The summed E-state index contributed by atoms with van der Waals surface area (Å²) in [6.45, 7) is 14.2. The Morgan fingerprint density at radius 3 is 2.38 bits per heavy atom. The number of carbonyl (C=O) groups is 2. The molecule has 4 N–H and O–H groups in total. The number of Topliss-reactive ketones (excluding diaryl/α,β-unsaturated/α-hetero) is 1. The Morgan fingerprint density at radius 2 is 1.78 bits per heavy atom. The molecule has 4 fully saturated rings. The second-order valence-electron chi connectivity index (χ2n) is 14.1. The van der Waals surface area contributed by atoms with Gasteiger partial charge in [-0.25, -0.2) is 0 Å². The Hall–Kier alpha value is -1.71. The van der Waals surface area contributed by atoms with Crippen molar-refractivity contribution in [3.05, 3.63) is 0 Å². The Kier molecular flexibility index (Phi) is 13.0. The van der Waals surface area contributed by atoms with Crippen LogP contribution in [0.3, 0.4) is 0 Å². The monoisotopic (exact) mass is 643 g/mol. The molecule has 260 valence electrons. The minimum atomic E-state index is -1.65. The van der Waals surface area contributed by atoms with Gasteiger partial charge >= 0.3 is 5.97 Å². The Labute approximate surface area is 267 Å². The molecular weight excluding hydrogens is 586 g/mol. The lowest BCUT2D eigenvalue weighted by Crippen LogP contribution is -2.60. The molecule has 0 aromatic heterocycles. The molecule has 0 saturated carbocycles. The maximum atomic E-state index is 14.1. The van der Waals surface area contributed by atoms with Gasteiger partial charge < -0.3 is 49.3 Å². The van der Waals surface area contributed by atoms with E-state index in [1.165, 1.54) is 6.92 Å². The minimum Gasteiger partial charge on any atom is -0.459 e. The molecule has 0 aromatic rings. The lowest BCUT2D eigenvalue weighted by molar-refractivity contribution is -0.296. The van der Waals surface area contributed by atoms with E-state index in [1.807, 2.05) is 46.7 Å². The third kappa shape index (κ3) is 8.61. The Morgan fingerprint density at radius 1 is 1.11 bits per heavy atom. The molecule has 2 bridgehead atoms. The molecule has 0 radical (unpaired) electrons. The van der Waals surface area contributed by atoms with Crippen LogP contribution in [0.2, 0.25) is 0 Å². The second kappa shape index (κ2) is 15.5. The third-order valence-electron chi connectivity index (χ3n) is 9.86. The van der Waals surface area contributed by atoms with Crippen LogP contribution in [-0.4, -0.2) is 132 Å². The van der Waals surface area contributed by atoms with Crippen molar-refractivity contribution in [1.82, 2.24) is 10.2 Å². The summed E-state index contributed by atoms with van der Waals surface area (Å²) in [6.07, 6.45) is -4.01. The number of hydrogen-bond donors (Lipinski definition) is 4. The third-order valence-corrected chi connectivity index (χ3v) is 9.86. The summed E-state index contributed by atoms with van der Waals surface area (Å²) in [7, 11) is 3.75. The van der Waals surface area contributed by atoms with Crippen LogP contribution < -0.4 is 5.32 Å². The van der Waals surface area contributed by atoms with Crippen molar-refractivity contribution in [3.8, 4) is 0 Å². The van der Waals surface area contributed by atoms with Gasteiger partial charge in [0.05, 0.1) is 37.1 Å². The first-order valence-electron chi connectivity index (χ1n) is 16.3. The van der Waals surface area contributed by atoms with E-state index in [9.17, 15) is 25.0 Å². The molecule has 4 rings (SSSR count). The summed E-state index contributed by atoms with van der Waals surface area (Å²) < 4.78 is 31.3. The second-order valence-corrected chi connectivity index (χ2v) is 14.1. The Bertz CT molecular complexity index is 1040. The number of likely N-dealkylation sites (N-methyl/N-ethyl adjacent to an activating group) is 1. The number of ether oxygens (including phenoxy) is 5. The van der Waals surface area contributed by atoms with Gasteiger partial charge in [0.15, 0.2) is 12.1 Å².